The molecule has 7 nitrogen and oxygen atoms in total. The molecule has 0 aromatic carbocycles. The number of hydrogen-bond acceptors (Lipinski definition) is 5. The summed E-state index contributed by atoms with van der Waals surface area (Å²) >= 11 is 0. The highest BCUT2D eigenvalue weighted by Crippen LogP contribution is 2.10. The first-order chi connectivity index (χ1) is 8.73. The highest BCUT2D eigenvalue weighted by molar-refractivity contribution is 5.92. The van der Waals surface area contributed by atoms with Crippen LogP contribution in [-0.4, -0.2) is 27.3 Å². The normalized spacial score (nSPS) is 11.2. The van der Waals surface area contributed by atoms with Crippen molar-refractivity contribution in [2.45, 2.75) is 46.3 Å². The smallest absolute Gasteiger partial charge is 0.308 e. The molecule has 0 unspecified atom stereocenters. The maximum Gasteiger partial charge on any atom is 0.308 e. The lowest BCUT2D eigenvalue weighted by Crippen LogP contribution is -2.32. The zero-order chi connectivity index (χ0) is 14.6. The van der Waals surface area contributed by atoms with Gasteiger partial charge in [0.05, 0.1) is 18.7 Å². The van der Waals surface area contributed by atoms with Crippen LogP contribution < -0.4 is 11.3 Å². The zero-order valence-corrected chi connectivity index (χ0v) is 11.7. The van der Waals surface area contributed by atoms with Crippen LogP contribution in [0.5, 0.6) is 0 Å². The molecule has 0 spiro atoms. The summed E-state index contributed by atoms with van der Waals surface area (Å²) in [7, 11) is 0. The largest absolute Gasteiger partial charge is 0.460 e. The first kappa shape index (κ1) is 15.2. The molecule has 1 heterocycles. The lowest BCUT2D eigenvalue weighted by atomic mass is 10.2. The molecule has 0 fully saturated rings. The van der Waals surface area contributed by atoms with Gasteiger partial charge in [0, 0.05) is 0 Å². The molecule has 1 aromatic rings. The average Bonchev–Trinajstić information content (AvgIpc) is 2.64. The highest BCUT2D eigenvalue weighted by atomic mass is 16.6. The second-order valence-corrected chi connectivity index (χ2v) is 5.20. The van der Waals surface area contributed by atoms with Gasteiger partial charge in [0.2, 0.25) is 0 Å². The van der Waals surface area contributed by atoms with E-state index >= 15 is 0 Å². The van der Waals surface area contributed by atoms with Gasteiger partial charge in [0.25, 0.3) is 5.91 Å². The molecule has 3 N–H and O–H groups in total. The first-order valence-electron chi connectivity index (χ1n) is 6.00. The van der Waals surface area contributed by atoms with E-state index in [1.54, 1.807) is 33.8 Å². The predicted molar refractivity (Wildman–Crippen MR) is 69.1 cm³/mol. The van der Waals surface area contributed by atoms with E-state index in [4.69, 9.17) is 10.6 Å². The van der Waals surface area contributed by atoms with E-state index in [0.717, 1.165) is 0 Å². The maximum atomic E-state index is 11.6. The summed E-state index contributed by atoms with van der Waals surface area (Å²) in [4.78, 5) is 23.1. The Balaban J connectivity index is 2.68. The number of ether oxygens (including phenoxy) is 1. The molecule has 0 saturated carbocycles. The van der Waals surface area contributed by atoms with Crippen LogP contribution in [0.3, 0.4) is 0 Å². The van der Waals surface area contributed by atoms with Gasteiger partial charge in [-0.15, -0.1) is 0 Å². The summed E-state index contributed by atoms with van der Waals surface area (Å²) < 4.78 is 6.63. The molecule has 0 aliphatic carbocycles. The second-order valence-electron chi connectivity index (χ2n) is 5.20. The van der Waals surface area contributed by atoms with Gasteiger partial charge in [0.1, 0.15) is 11.3 Å². The van der Waals surface area contributed by atoms with E-state index in [2.05, 4.69) is 5.10 Å². The van der Waals surface area contributed by atoms with Crippen LogP contribution in [0.4, 0.5) is 0 Å². The van der Waals surface area contributed by atoms with Crippen LogP contribution in [0.25, 0.3) is 0 Å². The Labute approximate surface area is 112 Å². The van der Waals surface area contributed by atoms with Crippen molar-refractivity contribution in [2.75, 3.05) is 0 Å². The number of hydrogen-bond donors (Lipinski definition) is 2. The molecular formula is C12H20N4O3. The number of nitrogen functional groups attached to an aromatic ring is 1. The number of carbonyl (C=O) groups excluding carboxylic acids is 2. The number of rotatable bonds is 4. The fraction of sp³-hybridized carbons (Fsp3) is 0.583. The van der Waals surface area contributed by atoms with Gasteiger partial charge in [-0.1, -0.05) is 0 Å². The minimum absolute atomic E-state index is 0.142. The highest BCUT2D eigenvalue weighted by Gasteiger charge is 2.18. The van der Waals surface area contributed by atoms with E-state index in [9.17, 15) is 9.59 Å². The van der Waals surface area contributed by atoms with Gasteiger partial charge in [-0.2, -0.15) is 5.10 Å². The molecule has 0 saturated heterocycles. The Kier molecular flexibility index (Phi) is 4.66. The number of hydrazine groups is 1. The van der Waals surface area contributed by atoms with Gasteiger partial charge in [-0.25, -0.2) is 5.84 Å². The third-order valence-electron chi connectivity index (χ3n) is 2.21. The van der Waals surface area contributed by atoms with E-state index in [0.29, 0.717) is 11.4 Å². The summed E-state index contributed by atoms with van der Waals surface area (Å²) in [5.41, 5.74) is 2.53. The van der Waals surface area contributed by atoms with Crippen LogP contribution in [0, 0.1) is 6.92 Å². The number of carbonyl (C=O) groups is 2. The standard InChI is InChI=1S/C12H20N4O3/c1-8-7-9(11(18)14-13)16(15-8)6-5-10(17)19-12(2,3)4/h7H,5-6,13H2,1-4H3,(H,14,18). The third-order valence-corrected chi connectivity index (χ3v) is 2.21. The fourth-order valence-electron chi connectivity index (χ4n) is 1.56. The minimum atomic E-state index is -0.519. The van der Waals surface area contributed by atoms with E-state index in [-0.39, 0.29) is 18.9 Å². The maximum absolute atomic E-state index is 11.6. The number of nitrogens with one attached hydrogen (secondary N) is 1. The Morgan fingerprint density at radius 1 is 1.47 bits per heavy atom. The van der Waals surface area contributed by atoms with Gasteiger partial charge in [-0.05, 0) is 33.8 Å². The Morgan fingerprint density at radius 2 is 2.11 bits per heavy atom. The van der Waals surface area contributed by atoms with Crippen molar-refractivity contribution in [3.63, 3.8) is 0 Å². The molecule has 1 rings (SSSR count). The molecular weight excluding hydrogens is 248 g/mol. The van der Waals surface area contributed by atoms with Gasteiger partial charge >= 0.3 is 5.97 Å². The number of aryl methyl sites for hydroxylation is 2. The van der Waals surface area contributed by atoms with Crippen molar-refractivity contribution in [3.05, 3.63) is 17.5 Å². The molecule has 0 radical (unpaired) electrons. The first-order valence-corrected chi connectivity index (χ1v) is 6.00. The van der Waals surface area contributed by atoms with Crippen LogP contribution in [0.1, 0.15) is 43.4 Å². The summed E-state index contributed by atoms with van der Waals surface area (Å²) in [6.45, 7) is 7.44. The molecule has 7 heteroatoms. The molecule has 1 amide bonds. The molecule has 0 aliphatic heterocycles. The predicted octanol–water partition coefficient (Wildman–Crippen LogP) is 0.527. The number of esters is 1. The van der Waals surface area contributed by atoms with Crippen LogP contribution in [-0.2, 0) is 16.1 Å². The number of amides is 1. The molecule has 0 bridgehead atoms. The van der Waals surface area contributed by atoms with Crippen molar-refractivity contribution in [3.8, 4) is 0 Å². The average molecular weight is 268 g/mol. The zero-order valence-electron chi connectivity index (χ0n) is 11.7. The van der Waals surface area contributed by atoms with Gasteiger partial charge in [-0.3, -0.25) is 19.7 Å². The Morgan fingerprint density at radius 3 is 2.63 bits per heavy atom. The summed E-state index contributed by atoms with van der Waals surface area (Å²) in [5, 5.41) is 4.14. The topological polar surface area (TPSA) is 99.2 Å². The van der Waals surface area contributed by atoms with E-state index in [1.807, 2.05) is 5.43 Å². The second kappa shape index (κ2) is 5.83. The third kappa shape index (κ3) is 4.70. The SMILES string of the molecule is Cc1cc(C(=O)NN)n(CCC(=O)OC(C)(C)C)n1. The molecule has 1 aromatic heterocycles. The quantitative estimate of drug-likeness (QED) is 0.359. The number of nitrogens with zero attached hydrogens (tertiary/aromatic N) is 2. The molecule has 0 aliphatic rings. The molecule has 0 atom stereocenters. The van der Waals surface area contributed by atoms with E-state index < -0.39 is 11.5 Å². The summed E-state index contributed by atoms with van der Waals surface area (Å²) in [6.07, 6.45) is 0.142. The summed E-state index contributed by atoms with van der Waals surface area (Å²) in [5.74, 6) is 4.32. The van der Waals surface area contributed by atoms with Crippen molar-refractivity contribution < 1.29 is 14.3 Å². The molecule has 106 valence electrons. The van der Waals surface area contributed by atoms with Gasteiger partial charge in [0.15, 0.2) is 0 Å². The lowest BCUT2D eigenvalue weighted by molar-refractivity contribution is -0.155. The Hall–Kier alpha value is -1.89. The van der Waals surface area contributed by atoms with Crippen LogP contribution in [0.15, 0.2) is 6.07 Å². The summed E-state index contributed by atoms with van der Waals surface area (Å²) in [6, 6.07) is 1.61. The lowest BCUT2D eigenvalue weighted by Gasteiger charge is -2.19. The minimum Gasteiger partial charge on any atom is -0.460 e. The molecule has 19 heavy (non-hydrogen) atoms. The van der Waals surface area contributed by atoms with Gasteiger partial charge < -0.3 is 4.74 Å². The Bertz CT molecular complexity index is 474. The van der Waals surface area contributed by atoms with Crippen molar-refractivity contribution in [1.82, 2.24) is 15.2 Å². The van der Waals surface area contributed by atoms with Crippen molar-refractivity contribution in [1.29, 1.82) is 0 Å². The number of aromatic nitrogens is 2. The van der Waals surface area contributed by atoms with E-state index in [1.165, 1.54) is 4.68 Å². The monoisotopic (exact) mass is 268 g/mol. The van der Waals surface area contributed by atoms with Crippen molar-refractivity contribution in [2.24, 2.45) is 5.84 Å². The van der Waals surface area contributed by atoms with Crippen LogP contribution in [0.2, 0.25) is 0 Å². The fourth-order valence-corrected chi connectivity index (χ4v) is 1.56. The van der Waals surface area contributed by atoms with Crippen molar-refractivity contribution >= 4 is 11.9 Å². The van der Waals surface area contributed by atoms with Crippen LogP contribution >= 0.6 is 0 Å². The number of nitrogens with two attached hydrogens (primary N) is 1.